The first-order chi connectivity index (χ1) is 6.31. The van der Waals surface area contributed by atoms with Crippen LogP contribution in [-0.4, -0.2) is 6.25 Å². The van der Waals surface area contributed by atoms with Gasteiger partial charge in [0.2, 0.25) is 0 Å². The summed E-state index contributed by atoms with van der Waals surface area (Å²) in [5, 5.41) is 0. The van der Waals surface area contributed by atoms with Crippen molar-refractivity contribution in [3.8, 4) is 5.75 Å². The standard InChI is InChI=1S/C9H11Cl3OSi/c1-6-4-5-9(8(3)7(6)2)13-14(10,11)12/h4-5H,1-3H3. The molecule has 0 aliphatic rings. The van der Waals surface area contributed by atoms with Crippen LogP contribution >= 0.6 is 33.2 Å². The van der Waals surface area contributed by atoms with Gasteiger partial charge >= 0.3 is 6.25 Å². The summed E-state index contributed by atoms with van der Waals surface area (Å²) in [4.78, 5) is 0. The van der Waals surface area contributed by atoms with Crippen molar-refractivity contribution in [1.29, 1.82) is 0 Å². The van der Waals surface area contributed by atoms with Crippen LogP contribution in [-0.2, 0) is 0 Å². The molecule has 0 saturated heterocycles. The lowest BCUT2D eigenvalue weighted by molar-refractivity contribution is 0.590. The van der Waals surface area contributed by atoms with Gasteiger partial charge in [0.1, 0.15) is 5.75 Å². The second-order valence-corrected chi connectivity index (χ2v) is 10.8. The zero-order valence-electron chi connectivity index (χ0n) is 8.20. The van der Waals surface area contributed by atoms with Gasteiger partial charge in [0.05, 0.1) is 0 Å². The van der Waals surface area contributed by atoms with E-state index in [0.29, 0.717) is 5.75 Å². The molecule has 0 heterocycles. The quantitative estimate of drug-likeness (QED) is 0.579. The van der Waals surface area contributed by atoms with Crippen molar-refractivity contribution < 1.29 is 4.43 Å². The van der Waals surface area contributed by atoms with Gasteiger partial charge in [-0.2, -0.15) is 0 Å². The van der Waals surface area contributed by atoms with Crippen molar-refractivity contribution >= 4 is 39.5 Å². The van der Waals surface area contributed by atoms with Gasteiger partial charge in [-0.3, -0.25) is 0 Å². The molecule has 1 rings (SSSR count). The van der Waals surface area contributed by atoms with E-state index in [0.717, 1.165) is 5.56 Å². The van der Waals surface area contributed by atoms with E-state index in [1.54, 1.807) is 0 Å². The summed E-state index contributed by atoms with van der Waals surface area (Å²) in [6, 6.07) is 3.80. The minimum absolute atomic E-state index is 0.666. The Morgan fingerprint density at radius 1 is 1.00 bits per heavy atom. The highest BCUT2D eigenvalue weighted by Crippen LogP contribution is 2.30. The molecule has 0 unspecified atom stereocenters. The van der Waals surface area contributed by atoms with Gasteiger partial charge in [0.25, 0.3) is 0 Å². The van der Waals surface area contributed by atoms with E-state index in [-0.39, 0.29) is 0 Å². The Kier molecular flexibility index (Phi) is 3.75. The van der Waals surface area contributed by atoms with Gasteiger partial charge in [-0.1, -0.05) is 39.3 Å². The first kappa shape index (κ1) is 12.2. The Balaban J connectivity index is 3.06. The fourth-order valence-electron chi connectivity index (χ4n) is 1.17. The smallest absolute Gasteiger partial charge is 0.508 e. The molecule has 0 spiro atoms. The molecule has 0 N–H and O–H groups in total. The van der Waals surface area contributed by atoms with E-state index < -0.39 is 6.25 Å². The van der Waals surface area contributed by atoms with Crippen LogP contribution in [0, 0.1) is 20.8 Å². The number of rotatable bonds is 2. The second kappa shape index (κ2) is 4.31. The van der Waals surface area contributed by atoms with Crippen LogP contribution in [0.15, 0.2) is 12.1 Å². The molecule has 1 aromatic carbocycles. The SMILES string of the molecule is Cc1ccc(O[Si](Cl)(Cl)Cl)c(C)c1C. The third-order valence-corrected chi connectivity index (χ3v) is 3.38. The Morgan fingerprint density at radius 2 is 1.57 bits per heavy atom. The highest BCUT2D eigenvalue weighted by Gasteiger charge is 2.30. The van der Waals surface area contributed by atoms with Crippen LogP contribution in [0.5, 0.6) is 5.75 Å². The third kappa shape index (κ3) is 3.06. The lowest BCUT2D eigenvalue weighted by Gasteiger charge is -2.16. The van der Waals surface area contributed by atoms with Crippen molar-refractivity contribution in [3.63, 3.8) is 0 Å². The van der Waals surface area contributed by atoms with Gasteiger partial charge in [-0.05, 0) is 43.5 Å². The number of hydrogen-bond acceptors (Lipinski definition) is 1. The predicted octanol–water partition coefficient (Wildman–Crippen LogP) is 4.14. The Bertz CT molecular complexity index is 347. The fraction of sp³-hybridized carbons (Fsp3) is 0.333. The van der Waals surface area contributed by atoms with Gasteiger partial charge < -0.3 is 4.43 Å². The van der Waals surface area contributed by atoms with Crippen molar-refractivity contribution in [2.24, 2.45) is 0 Å². The van der Waals surface area contributed by atoms with Crippen molar-refractivity contribution in [3.05, 3.63) is 28.8 Å². The topological polar surface area (TPSA) is 9.23 Å². The van der Waals surface area contributed by atoms with Crippen LogP contribution in [0.25, 0.3) is 0 Å². The minimum Gasteiger partial charge on any atom is -0.508 e. The molecular formula is C9H11Cl3OSi. The Labute approximate surface area is 99.2 Å². The molecule has 0 atom stereocenters. The molecule has 0 aromatic heterocycles. The number of halogens is 3. The van der Waals surface area contributed by atoms with E-state index in [4.69, 9.17) is 37.7 Å². The Hall–Kier alpha value is 0.107. The average molecular weight is 270 g/mol. The zero-order chi connectivity index (χ0) is 10.9. The second-order valence-electron chi connectivity index (χ2n) is 3.18. The van der Waals surface area contributed by atoms with Crippen molar-refractivity contribution in [1.82, 2.24) is 0 Å². The van der Waals surface area contributed by atoms with Crippen LogP contribution in [0.4, 0.5) is 0 Å². The van der Waals surface area contributed by atoms with Crippen LogP contribution in [0.1, 0.15) is 16.7 Å². The van der Waals surface area contributed by atoms with Crippen molar-refractivity contribution in [2.75, 3.05) is 0 Å². The fourth-order valence-corrected chi connectivity index (χ4v) is 2.39. The van der Waals surface area contributed by atoms with Gasteiger partial charge in [0.15, 0.2) is 0 Å². The van der Waals surface area contributed by atoms with Crippen LogP contribution in [0.3, 0.4) is 0 Å². The first-order valence-electron chi connectivity index (χ1n) is 4.14. The molecular weight excluding hydrogens is 259 g/mol. The number of aryl methyl sites for hydroxylation is 1. The molecule has 0 amide bonds. The summed E-state index contributed by atoms with van der Waals surface area (Å²) < 4.78 is 5.30. The molecule has 78 valence electrons. The maximum absolute atomic E-state index is 5.68. The van der Waals surface area contributed by atoms with Crippen LogP contribution in [0.2, 0.25) is 0 Å². The predicted molar refractivity (Wildman–Crippen MR) is 64.6 cm³/mol. The van der Waals surface area contributed by atoms with Gasteiger partial charge in [0, 0.05) is 0 Å². The van der Waals surface area contributed by atoms with Crippen molar-refractivity contribution in [2.45, 2.75) is 20.8 Å². The van der Waals surface area contributed by atoms with Crippen LogP contribution < -0.4 is 4.43 Å². The monoisotopic (exact) mass is 268 g/mol. The minimum atomic E-state index is -3.05. The average Bonchev–Trinajstić information content (AvgIpc) is 2.04. The molecule has 0 bridgehead atoms. The highest BCUT2D eigenvalue weighted by molar-refractivity contribution is 7.62. The summed E-state index contributed by atoms with van der Waals surface area (Å²) in [6.45, 7) is 6.03. The maximum Gasteiger partial charge on any atom is 0.555 e. The molecule has 0 radical (unpaired) electrons. The van der Waals surface area contributed by atoms with Gasteiger partial charge in [-0.25, -0.2) is 0 Å². The molecule has 1 nitrogen and oxygen atoms in total. The maximum atomic E-state index is 5.68. The summed E-state index contributed by atoms with van der Waals surface area (Å²) in [5.41, 5.74) is 3.41. The molecule has 0 aliphatic heterocycles. The lowest BCUT2D eigenvalue weighted by Crippen LogP contribution is -2.20. The van der Waals surface area contributed by atoms with E-state index in [2.05, 4.69) is 0 Å². The Morgan fingerprint density at radius 3 is 2.07 bits per heavy atom. The molecule has 5 heteroatoms. The lowest BCUT2D eigenvalue weighted by atomic mass is 10.0. The van der Waals surface area contributed by atoms with E-state index >= 15 is 0 Å². The number of hydrogen-bond donors (Lipinski definition) is 0. The molecule has 0 fully saturated rings. The molecule has 0 saturated carbocycles. The summed E-state index contributed by atoms with van der Waals surface area (Å²) in [7, 11) is 0. The zero-order valence-corrected chi connectivity index (χ0v) is 11.5. The normalized spacial score (nSPS) is 11.6. The molecule has 14 heavy (non-hydrogen) atoms. The van der Waals surface area contributed by atoms with Gasteiger partial charge in [-0.15, -0.1) is 0 Å². The third-order valence-electron chi connectivity index (χ3n) is 2.23. The van der Waals surface area contributed by atoms with E-state index in [1.165, 1.54) is 11.1 Å². The largest absolute Gasteiger partial charge is 0.555 e. The number of benzene rings is 1. The summed E-state index contributed by atoms with van der Waals surface area (Å²) in [5.74, 6) is 0.666. The molecule has 1 aromatic rings. The summed E-state index contributed by atoms with van der Waals surface area (Å²) >= 11 is 17.0. The van der Waals surface area contributed by atoms with E-state index in [9.17, 15) is 0 Å². The van der Waals surface area contributed by atoms with E-state index in [1.807, 2.05) is 32.9 Å². The highest BCUT2D eigenvalue weighted by atomic mass is 35.8. The molecule has 0 aliphatic carbocycles. The summed E-state index contributed by atoms with van der Waals surface area (Å²) in [6.07, 6.45) is -3.05. The first-order valence-corrected chi connectivity index (χ1v) is 9.08.